The third-order valence-electron chi connectivity index (χ3n) is 2.22. The number of halogens is 2. The summed E-state index contributed by atoms with van der Waals surface area (Å²) in [6.45, 7) is 5.34. The van der Waals surface area contributed by atoms with Gasteiger partial charge in [0.05, 0.1) is 5.02 Å². The van der Waals surface area contributed by atoms with E-state index in [4.69, 9.17) is 11.6 Å². The lowest BCUT2D eigenvalue weighted by molar-refractivity contribution is 0.0773. The number of nitrogens with zero attached hydrogens (tertiary/aromatic N) is 1. The maximum atomic E-state index is 11.9. The zero-order chi connectivity index (χ0) is 11.4. The highest BCUT2D eigenvalue weighted by atomic mass is 79.9. The lowest BCUT2D eigenvalue weighted by atomic mass is 10.2. The Kier molecular flexibility index (Phi) is 4.61. The van der Waals surface area contributed by atoms with Gasteiger partial charge in [0.2, 0.25) is 0 Å². The minimum absolute atomic E-state index is 0.0226. The Morgan fingerprint density at radius 1 is 1.40 bits per heavy atom. The average Bonchev–Trinajstić information content (AvgIpc) is 2.23. The van der Waals surface area contributed by atoms with Gasteiger partial charge in [0.15, 0.2) is 0 Å². The van der Waals surface area contributed by atoms with Crippen LogP contribution < -0.4 is 0 Å². The quantitative estimate of drug-likeness (QED) is 0.833. The molecule has 0 fully saturated rings. The van der Waals surface area contributed by atoms with Crippen LogP contribution in [0.5, 0.6) is 0 Å². The van der Waals surface area contributed by atoms with Gasteiger partial charge in [0.25, 0.3) is 5.91 Å². The SMILES string of the molecule is CCN(CC)C(=O)c1ccc(Br)c(Cl)c1. The van der Waals surface area contributed by atoms with Crippen LogP contribution in [-0.2, 0) is 0 Å². The van der Waals surface area contributed by atoms with Gasteiger partial charge in [0, 0.05) is 23.1 Å². The molecule has 0 aliphatic rings. The number of hydrogen-bond acceptors (Lipinski definition) is 1. The molecule has 0 aromatic heterocycles. The Bertz CT molecular complexity index is 364. The zero-order valence-electron chi connectivity index (χ0n) is 8.76. The van der Waals surface area contributed by atoms with E-state index < -0.39 is 0 Å². The van der Waals surface area contributed by atoms with Gasteiger partial charge in [0.1, 0.15) is 0 Å². The van der Waals surface area contributed by atoms with Gasteiger partial charge < -0.3 is 4.90 Å². The van der Waals surface area contributed by atoms with Crippen molar-refractivity contribution in [2.24, 2.45) is 0 Å². The van der Waals surface area contributed by atoms with Crippen LogP contribution in [0.4, 0.5) is 0 Å². The second-order valence-electron chi connectivity index (χ2n) is 3.11. The van der Waals surface area contributed by atoms with Crippen molar-refractivity contribution in [3.63, 3.8) is 0 Å². The summed E-state index contributed by atoms with van der Waals surface area (Å²) in [5.74, 6) is 0.0226. The topological polar surface area (TPSA) is 20.3 Å². The third kappa shape index (κ3) is 2.95. The number of carbonyl (C=O) groups is 1. The van der Waals surface area contributed by atoms with Crippen molar-refractivity contribution in [3.8, 4) is 0 Å². The highest BCUT2D eigenvalue weighted by molar-refractivity contribution is 9.10. The molecule has 82 valence electrons. The summed E-state index contributed by atoms with van der Waals surface area (Å²) in [5.41, 5.74) is 0.631. The first-order chi connectivity index (χ1) is 7.10. The molecule has 0 spiro atoms. The molecule has 1 aromatic carbocycles. The van der Waals surface area contributed by atoms with Crippen LogP contribution >= 0.6 is 27.5 Å². The van der Waals surface area contributed by atoms with E-state index in [1.54, 1.807) is 23.1 Å². The van der Waals surface area contributed by atoms with Crippen LogP contribution in [0.2, 0.25) is 5.02 Å². The van der Waals surface area contributed by atoms with Crippen molar-refractivity contribution in [1.82, 2.24) is 4.90 Å². The Hall–Kier alpha value is -0.540. The number of rotatable bonds is 3. The Morgan fingerprint density at radius 2 is 2.00 bits per heavy atom. The highest BCUT2D eigenvalue weighted by Crippen LogP contribution is 2.23. The molecule has 15 heavy (non-hydrogen) atoms. The Balaban J connectivity index is 2.96. The van der Waals surface area contributed by atoms with Gasteiger partial charge in [-0.3, -0.25) is 4.79 Å². The third-order valence-corrected chi connectivity index (χ3v) is 3.45. The fraction of sp³-hybridized carbons (Fsp3) is 0.364. The number of benzene rings is 1. The molecule has 1 amide bonds. The molecule has 0 radical (unpaired) electrons. The molecule has 0 saturated carbocycles. The number of amides is 1. The van der Waals surface area contributed by atoms with Crippen LogP contribution in [-0.4, -0.2) is 23.9 Å². The van der Waals surface area contributed by atoms with E-state index in [-0.39, 0.29) is 5.91 Å². The molecule has 0 heterocycles. The Morgan fingerprint density at radius 3 is 2.47 bits per heavy atom. The van der Waals surface area contributed by atoms with E-state index in [2.05, 4.69) is 15.9 Å². The van der Waals surface area contributed by atoms with Crippen molar-refractivity contribution in [3.05, 3.63) is 33.3 Å². The number of hydrogen-bond donors (Lipinski definition) is 0. The van der Waals surface area contributed by atoms with E-state index in [0.29, 0.717) is 23.7 Å². The van der Waals surface area contributed by atoms with E-state index in [9.17, 15) is 4.79 Å². The van der Waals surface area contributed by atoms with E-state index in [1.807, 2.05) is 13.8 Å². The summed E-state index contributed by atoms with van der Waals surface area (Å²) in [7, 11) is 0. The minimum atomic E-state index is 0.0226. The lowest BCUT2D eigenvalue weighted by Crippen LogP contribution is -2.30. The number of carbonyl (C=O) groups excluding carboxylic acids is 1. The van der Waals surface area contributed by atoms with E-state index >= 15 is 0 Å². The molecule has 4 heteroatoms. The molecule has 0 bridgehead atoms. The Labute approximate surface area is 103 Å². The second kappa shape index (κ2) is 5.52. The fourth-order valence-corrected chi connectivity index (χ4v) is 1.75. The molecule has 1 aromatic rings. The highest BCUT2D eigenvalue weighted by Gasteiger charge is 2.13. The monoisotopic (exact) mass is 289 g/mol. The van der Waals surface area contributed by atoms with Crippen molar-refractivity contribution in [2.45, 2.75) is 13.8 Å². The second-order valence-corrected chi connectivity index (χ2v) is 4.37. The lowest BCUT2D eigenvalue weighted by Gasteiger charge is -2.18. The van der Waals surface area contributed by atoms with E-state index in [0.717, 1.165) is 4.47 Å². The molecule has 0 atom stereocenters. The maximum Gasteiger partial charge on any atom is 0.253 e. The summed E-state index contributed by atoms with van der Waals surface area (Å²) in [6.07, 6.45) is 0. The van der Waals surface area contributed by atoms with E-state index in [1.165, 1.54) is 0 Å². The summed E-state index contributed by atoms with van der Waals surface area (Å²) in [4.78, 5) is 13.7. The van der Waals surface area contributed by atoms with Gasteiger partial charge in [-0.1, -0.05) is 11.6 Å². The fourth-order valence-electron chi connectivity index (χ4n) is 1.32. The van der Waals surface area contributed by atoms with Crippen molar-refractivity contribution >= 4 is 33.4 Å². The van der Waals surface area contributed by atoms with Crippen LogP contribution in [0.25, 0.3) is 0 Å². The molecular weight excluding hydrogens is 277 g/mol. The smallest absolute Gasteiger partial charge is 0.253 e. The minimum Gasteiger partial charge on any atom is -0.339 e. The standard InChI is InChI=1S/C11H13BrClNO/c1-3-14(4-2)11(15)8-5-6-9(12)10(13)7-8/h5-7H,3-4H2,1-2H3. The van der Waals surface area contributed by atoms with Crippen molar-refractivity contribution < 1.29 is 4.79 Å². The maximum absolute atomic E-state index is 11.9. The van der Waals surface area contributed by atoms with Crippen molar-refractivity contribution in [1.29, 1.82) is 0 Å². The normalized spacial score (nSPS) is 10.1. The predicted molar refractivity (Wildman–Crippen MR) is 66.4 cm³/mol. The van der Waals surface area contributed by atoms with Crippen LogP contribution in [0.3, 0.4) is 0 Å². The average molecular weight is 291 g/mol. The molecule has 0 saturated heterocycles. The molecule has 2 nitrogen and oxygen atoms in total. The van der Waals surface area contributed by atoms with Gasteiger partial charge in [-0.15, -0.1) is 0 Å². The first-order valence-electron chi connectivity index (χ1n) is 4.84. The first-order valence-corrected chi connectivity index (χ1v) is 6.01. The van der Waals surface area contributed by atoms with Gasteiger partial charge in [-0.05, 0) is 48.0 Å². The van der Waals surface area contributed by atoms with Crippen molar-refractivity contribution in [2.75, 3.05) is 13.1 Å². The summed E-state index contributed by atoms with van der Waals surface area (Å²) in [6, 6.07) is 5.25. The first kappa shape index (κ1) is 12.5. The van der Waals surface area contributed by atoms with Crippen LogP contribution in [0, 0.1) is 0 Å². The van der Waals surface area contributed by atoms with Gasteiger partial charge in [-0.2, -0.15) is 0 Å². The summed E-state index contributed by atoms with van der Waals surface area (Å²) >= 11 is 9.22. The summed E-state index contributed by atoms with van der Waals surface area (Å²) in [5, 5.41) is 0.563. The van der Waals surface area contributed by atoms with Crippen LogP contribution in [0.1, 0.15) is 24.2 Å². The summed E-state index contributed by atoms with van der Waals surface area (Å²) < 4.78 is 0.806. The van der Waals surface area contributed by atoms with Crippen LogP contribution in [0.15, 0.2) is 22.7 Å². The molecule has 0 N–H and O–H groups in total. The predicted octanol–water partition coefficient (Wildman–Crippen LogP) is 3.58. The van der Waals surface area contributed by atoms with Gasteiger partial charge >= 0.3 is 0 Å². The largest absolute Gasteiger partial charge is 0.339 e. The molecule has 0 aliphatic heterocycles. The molecular formula is C11H13BrClNO. The zero-order valence-corrected chi connectivity index (χ0v) is 11.1. The molecule has 1 rings (SSSR count). The molecule has 0 aliphatic carbocycles. The molecule has 0 unspecified atom stereocenters. The van der Waals surface area contributed by atoms with Gasteiger partial charge in [-0.25, -0.2) is 0 Å².